The first-order valence-corrected chi connectivity index (χ1v) is 7.27. The average molecular weight is 268 g/mol. The molecule has 0 aliphatic rings. The van der Waals surface area contributed by atoms with Crippen LogP contribution in [-0.2, 0) is 0 Å². The van der Waals surface area contributed by atoms with Crippen LogP contribution in [0.15, 0.2) is 18.5 Å². The molecule has 0 saturated heterocycles. The van der Waals surface area contributed by atoms with Crippen molar-refractivity contribution in [3.05, 3.63) is 24.0 Å². The molecule has 0 aliphatic heterocycles. The third-order valence-electron chi connectivity index (χ3n) is 3.37. The van der Waals surface area contributed by atoms with Gasteiger partial charge in [0.05, 0.1) is 17.4 Å². The van der Waals surface area contributed by atoms with Gasteiger partial charge in [-0.25, -0.2) is 4.79 Å². The van der Waals surface area contributed by atoms with Crippen LogP contribution >= 0.6 is 11.8 Å². The molecule has 100 valence electrons. The van der Waals surface area contributed by atoms with Gasteiger partial charge in [-0.2, -0.15) is 11.8 Å². The van der Waals surface area contributed by atoms with E-state index in [2.05, 4.69) is 30.4 Å². The van der Waals surface area contributed by atoms with Gasteiger partial charge in [0.1, 0.15) is 0 Å². The maximum Gasteiger partial charge on any atom is 0.337 e. The summed E-state index contributed by atoms with van der Waals surface area (Å²) < 4.78 is 0.144. The van der Waals surface area contributed by atoms with Gasteiger partial charge < -0.3 is 10.4 Å². The highest BCUT2D eigenvalue weighted by Crippen LogP contribution is 2.31. The van der Waals surface area contributed by atoms with Gasteiger partial charge in [-0.15, -0.1) is 0 Å². The zero-order valence-corrected chi connectivity index (χ0v) is 11.9. The normalized spacial score (nSPS) is 11.3. The van der Waals surface area contributed by atoms with Crippen LogP contribution in [0.3, 0.4) is 0 Å². The number of rotatable bonds is 7. The molecule has 1 heterocycles. The van der Waals surface area contributed by atoms with Gasteiger partial charge in [-0.1, -0.05) is 13.8 Å². The maximum atomic E-state index is 11.1. The van der Waals surface area contributed by atoms with Crippen molar-refractivity contribution in [2.24, 2.45) is 0 Å². The van der Waals surface area contributed by atoms with Gasteiger partial charge in [-0.05, 0) is 25.2 Å². The first-order chi connectivity index (χ1) is 8.58. The van der Waals surface area contributed by atoms with Crippen LogP contribution in [0.25, 0.3) is 0 Å². The van der Waals surface area contributed by atoms with Crippen molar-refractivity contribution in [2.75, 3.05) is 18.1 Å². The van der Waals surface area contributed by atoms with E-state index in [0.717, 1.165) is 19.4 Å². The summed E-state index contributed by atoms with van der Waals surface area (Å²) in [6.07, 6.45) is 7.24. The fourth-order valence-electron chi connectivity index (χ4n) is 1.84. The van der Waals surface area contributed by atoms with Crippen LogP contribution in [0.2, 0.25) is 0 Å². The molecule has 4 nitrogen and oxygen atoms in total. The van der Waals surface area contributed by atoms with Gasteiger partial charge in [0.25, 0.3) is 0 Å². The minimum absolute atomic E-state index is 0.144. The molecule has 0 amide bonds. The van der Waals surface area contributed by atoms with E-state index in [0.29, 0.717) is 5.69 Å². The first-order valence-electron chi connectivity index (χ1n) is 6.05. The molecular formula is C13H20N2O2S. The minimum Gasteiger partial charge on any atom is -0.478 e. The van der Waals surface area contributed by atoms with E-state index in [1.54, 1.807) is 6.20 Å². The van der Waals surface area contributed by atoms with E-state index in [-0.39, 0.29) is 10.3 Å². The van der Waals surface area contributed by atoms with Crippen molar-refractivity contribution in [1.82, 2.24) is 4.98 Å². The SMILES string of the molecule is CCC(CC)(CNc1cnccc1C(=O)O)SC. The Morgan fingerprint density at radius 3 is 2.67 bits per heavy atom. The first kappa shape index (κ1) is 14.8. The van der Waals surface area contributed by atoms with Crippen LogP contribution in [0.5, 0.6) is 0 Å². The number of aromatic carboxylic acids is 1. The van der Waals surface area contributed by atoms with Crippen molar-refractivity contribution in [1.29, 1.82) is 0 Å². The number of aromatic nitrogens is 1. The lowest BCUT2D eigenvalue weighted by Gasteiger charge is -2.30. The molecule has 1 aromatic heterocycles. The van der Waals surface area contributed by atoms with Crippen LogP contribution in [0.4, 0.5) is 5.69 Å². The summed E-state index contributed by atoms with van der Waals surface area (Å²) >= 11 is 1.82. The Hall–Kier alpha value is -1.23. The molecule has 0 radical (unpaired) electrons. The maximum absolute atomic E-state index is 11.1. The smallest absolute Gasteiger partial charge is 0.337 e. The van der Waals surface area contributed by atoms with E-state index < -0.39 is 5.97 Å². The standard InChI is InChI=1S/C13H20N2O2S/c1-4-13(5-2,18-3)9-15-11-8-14-7-6-10(11)12(16)17/h6-8,15H,4-5,9H2,1-3H3,(H,16,17). The molecule has 1 rings (SSSR count). The van der Waals surface area contributed by atoms with Gasteiger partial charge >= 0.3 is 5.97 Å². The largest absolute Gasteiger partial charge is 0.478 e. The zero-order chi connectivity index (χ0) is 13.6. The lowest BCUT2D eigenvalue weighted by Crippen LogP contribution is -2.32. The fraction of sp³-hybridized carbons (Fsp3) is 0.538. The van der Waals surface area contributed by atoms with E-state index in [1.165, 1.54) is 12.3 Å². The van der Waals surface area contributed by atoms with Crippen LogP contribution in [0.1, 0.15) is 37.0 Å². The Balaban J connectivity index is 2.83. The molecule has 0 atom stereocenters. The molecule has 18 heavy (non-hydrogen) atoms. The molecule has 1 aromatic rings. The molecule has 0 spiro atoms. The van der Waals surface area contributed by atoms with E-state index in [4.69, 9.17) is 5.11 Å². The second-order valence-corrected chi connectivity index (χ2v) is 5.45. The topological polar surface area (TPSA) is 62.2 Å². The number of carboxylic acid groups (broad SMARTS) is 1. The van der Waals surface area contributed by atoms with E-state index >= 15 is 0 Å². The average Bonchev–Trinajstić information content (AvgIpc) is 2.41. The van der Waals surface area contributed by atoms with Gasteiger partial charge in [0.15, 0.2) is 0 Å². The van der Waals surface area contributed by atoms with Gasteiger partial charge in [0.2, 0.25) is 0 Å². The summed E-state index contributed by atoms with van der Waals surface area (Å²) in [5.41, 5.74) is 0.859. The van der Waals surface area contributed by atoms with Crippen LogP contribution < -0.4 is 5.32 Å². The molecule has 0 fully saturated rings. The molecule has 5 heteroatoms. The fourth-order valence-corrected chi connectivity index (χ4v) is 2.63. The third kappa shape index (κ3) is 3.38. The van der Waals surface area contributed by atoms with Crippen molar-refractivity contribution < 1.29 is 9.90 Å². The number of anilines is 1. The number of hydrogen-bond donors (Lipinski definition) is 2. The quantitative estimate of drug-likeness (QED) is 0.795. The summed E-state index contributed by atoms with van der Waals surface area (Å²) in [6.45, 7) is 5.05. The number of thioether (sulfide) groups is 1. The zero-order valence-electron chi connectivity index (χ0n) is 11.1. The number of carbonyl (C=O) groups is 1. The highest BCUT2D eigenvalue weighted by molar-refractivity contribution is 8.00. The Labute approximate surface area is 112 Å². The number of carboxylic acids is 1. The predicted molar refractivity (Wildman–Crippen MR) is 76.5 cm³/mol. The number of nitrogens with zero attached hydrogens (tertiary/aromatic N) is 1. The van der Waals surface area contributed by atoms with E-state index in [1.807, 2.05) is 11.8 Å². The molecule has 0 unspecified atom stereocenters. The molecule has 0 bridgehead atoms. The number of hydrogen-bond acceptors (Lipinski definition) is 4. The highest BCUT2D eigenvalue weighted by Gasteiger charge is 2.25. The lowest BCUT2D eigenvalue weighted by molar-refractivity contribution is 0.0698. The van der Waals surface area contributed by atoms with Crippen LogP contribution in [-0.4, -0.2) is 33.6 Å². The van der Waals surface area contributed by atoms with Crippen molar-refractivity contribution in [3.63, 3.8) is 0 Å². The summed E-state index contributed by atoms with van der Waals surface area (Å²) in [4.78, 5) is 15.1. The Bertz CT molecular complexity index is 397. The molecular weight excluding hydrogens is 248 g/mol. The van der Waals surface area contributed by atoms with Crippen LogP contribution in [0, 0.1) is 0 Å². The van der Waals surface area contributed by atoms with E-state index in [9.17, 15) is 4.79 Å². The summed E-state index contributed by atoms with van der Waals surface area (Å²) in [7, 11) is 0. The summed E-state index contributed by atoms with van der Waals surface area (Å²) in [6, 6.07) is 1.52. The minimum atomic E-state index is -0.928. The summed E-state index contributed by atoms with van der Waals surface area (Å²) in [5.74, 6) is -0.928. The van der Waals surface area contributed by atoms with Crippen molar-refractivity contribution in [3.8, 4) is 0 Å². The Morgan fingerprint density at radius 1 is 1.50 bits per heavy atom. The monoisotopic (exact) mass is 268 g/mol. The Morgan fingerprint density at radius 2 is 2.17 bits per heavy atom. The highest BCUT2D eigenvalue weighted by atomic mass is 32.2. The van der Waals surface area contributed by atoms with Crippen molar-refractivity contribution >= 4 is 23.4 Å². The third-order valence-corrected chi connectivity index (χ3v) is 4.96. The molecule has 0 saturated carbocycles. The van der Waals surface area contributed by atoms with Gasteiger partial charge in [0, 0.05) is 17.5 Å². The number of pyridine rings is 1. The summed E-state index contributed by atoms with van der Waals surface area (Å²) in [5, 5.41) is 12.3. The number of nitrogens with one attached hydrogen (secondary N) is 1. The van der Waals surface area contributed by atoms with Gasteiger partial charge in [-0.3, -0.25) is 4.98 Å². The van der Waals surface area contributed by atoms with Crippen molar-refractivity contribution in [2.45, 2.75) is 31.4 Å². The molecule has 2 N–H and O–H groups in total. The second kappa shape index (κ2) is 6.64. The molecule has 0 aliphatic carbocycles. The predicted octanol–water partition coefficient (Wildman–Crippen LogP) is 3.11. The molecule has 0 aromatic carbocycles. The lowest BCUT2D eigenvalue weighted by atomic mass is 10.0. The second-order valence-electron chi connectivity index (χ2n) is 4.17. The Kier molecular flexibility index (Phi) is 5.47.